The molecule has 86 valence electrons. The van der Waals surface area contributed by atoms with Gasteiger partial charge < -0.3 is 10.2 Å². The van der Waals surface area contributed by atoms with E-state index in [1.807, 2.05) is 13.8 Å². The number of hydrogen-bond donors (Lipinski definition) is 1. The van der Waals surface area contributed by atoms with E-state index in [0.717, 1.165) is 19.4 Å². The van der Waals surface area contributed by atoms with Crippen molar-refractivity contribution >= 4 is 11.8 Å². The summed E-state index contributed by atoms with van der Waals surface area (Å²) in [5.41, 5.74) is 0. The summed E-state index contributed by atoms with van der Waals surface area (Å²) >= 11 is 0. The molecule has 1 unspecified atom stereocenters. The van der Waals surface area contributed by atoms with Gasteiger partial charge >= 0.3 is 0 Å². The van der Waals surface area contributed by atoms with Gasteiger partial charge in [-0.05, 0) is 12.8 Å². The zero-order valence-corrected chi connectivity index (χ0v) is 9.58. The minimum atomic E-state index is -0.129. The second-order valence-corrected chi connectivity index (χ2v) is 4.03. The summed E-state index contributed by atoms with van der Waals surface area (Å²) in [4.78, 5) is 24.9. The first-order valence-electron chi connectivity index (χ1n) is 5.74. The van der Waals surface area contributed by atoms with Gasteiger partial charge in [-0.1, -0.05) is 13.8 Å². The lowest BCUT2D eigenvalue weighted by molar-refractivity contribution is -0.129. The molecular weight excluding hydrogens is 192 g/mol. The van der Waals surface area contributed by atoms with E-state index >= 15 is 0 Å². The maximum Gasteiger partial charge on any atom is 0.225 e. The summed E-state index contributed by atoms with van der Waals surface area (Å²) in [5, 5.41) is 2.84. The van der Waals surface area contributed by atoms with Crippen LogP contribution in [-0.2, 0) is 9.59 Å². The van der Waals surface area contributed by atoms with Crippen molar-refractivity contribution in [2.45, 2.75) is 33.1 Å². The van der Waals surface area contributed by atoms with Crippen molar-refractivity contribution in [2.75, 3.05) is 19.6 Å². The number of carbonyl (C=O) groups excluding carboxylic acids is 2. The summed E-state index contributed by atoms with van der Waals surface area (Å²) in [6.07, 6.45) is 2.27. The number of nitrogens with zero attached hydrogens (tertiary/aromatic N) is 1. The first-order chi connectivity index (χ1) is 7.19. The summed E-state index contributed by atoms with van der Waals surface area (Å²) in [6, 6.07) is 0. The molecule has 15 heavy (non-hydrogen) atoms. The number of amides is 2. The molecule has 1 atom stereocenters. The van der Waals surface area contributed by atoms with Crippen molar-refractivity contribution in [3.8, 4) is 0 Å². The number of hydrogen-bond acceptors (Lipinski definition) is 2. The van der Waals surface area contributed by atoms with Crippen molar-refractivity contribution < 1.29 is 9.59 Å². The Morgan fingerprint density at radius 1 is 1.47 bits per heavy atom. The Bertz CT molecular complexity index is 241. The smallest absolute Gasteiger partial charge is 0.225 e. The molecular formula is C11H20N2O2. The molecule has 2 amide bonds. The molecule has 1 rings (SSSR count). The molecule has 1 aliphatic rings. The van der Waals surface area contributed by atoms with Crippen molar-refractivity contribution in [3.05, 3.63) is 0 Å². The van der Waals surface area contributed by atoms with Gasteiger partial charge in [-0.25, -0.2) is 0 Å². The predicted octanol–water partition coefficient (Wildman–Crippen LogP) is 0.771. The summed E-state index contributed by atoms with van der Waals surface area (Å²) in [5.74, 6) is 0.0212. The van der Waals surface area contributed by atoms with Gasteiger partial charge in [0.2, 0.25) is 11.8 Å². The highest BCUT2D eigenvalue weighted by atomic mass is 16.2. The van der Waals surface area contributed by atoms with Crippen LogP contribution in [0.2, 0.25) is 0 Å². The third-order valence-electron chi connectivity index (χ3n) is 2.63. The van der Waals surface area contributed by atoms with E-state index < -0.39 is 0 Å². The third kappa shape index (κ3) is 3.22. The fraction of sp³-hybridized carbons (Fsp3) is 0.818. The largest absolute Gasteiger partial charge is 0.356 e. The van der Waals surface area contributed by atoms with Gasteiger partial charge in [0.1, 0.15) is 0 Å². The molecule has 0 aromatic heterocycles. The summed E-state index contributed by atoms with van der Waals surface area (Å²) in [6.45, 7) is 6.14. The molecule has 0 aromatic rings. The SMILES string of the molecule is CCCNC(=O)C1CC(=O)N(CCC)C1. The average Bonchev–Trinajstić information content (AvgIpc) is 2.58. The van der Waals surface area contributed by atoms with E-state index in [1.54, 1.807) is 4.90 Å². The van der Waals surface area contributed by atoms with E-state index in [4.69, 9.17) is 0 Å². The molecule has 0 aromatic carbocycles. The number of rotatable bonds is 5. The Labute approximate surface area is 91.0 Å². The lowest BCUT2D eigenvalue weighted by Crippen LogP contribution is -2.33. The Balaban J connectivity index is 2.39. The monoisotopic (exact) mass is 212 g/mol. The molecule has 1 N–H and O–H groups in total. The van der Waals surface area contributed by atoms with Crippen LogP contribution in [0, 0.1) is 5.92 Å². The van der Waals surface area contributed by atoms with Gasteiger partial charge in [0, 0.05) is 26.1 Å². The highest BCUT2D eigenvalue weighted by Crippen LogP contribution is 2.17. The highest BCUT2D eigenvalue weighted by Gasteiger charge is 2.33. The van der Waals surface area contributed by atoms with Crippen LogP contribution in [-0.4, -0.2) is 36.3 Å². The maximum atomic E-state index is 11.6. The predicted molar refractivity (Wildman–Crippen MR) is 58.3 cm³/mol. The average molecular weight is 212 g/mol. The minimum absolute atomic E-state index is 0.0313. The zero-order valence-electron chi connectivity index (χ0n) is 9.58. The molecule has 1 heterocycles. The third-order valence-corrected chi connectivity index (χ3v) is 2.63. The molecule has 0 aliphatic carbocycles. The Kier molecular flexibility index (Phi) is 4.59. The topological polar surface area (TPSA) is 49.4 Å². The van der Waals surface area contributed by atoms with Gasteiger partial charge in [0.15, 0.2) is 0 Å². The molecule has 0 radical (unpaired) electrons. The molecule has 1 saturated heterocycles. The van der Waals surface area contributed by atoms with Crippen LogP contribution < -0.4 is 5.32 Å². The molecule has 0 spiro atoms. The summed E-state index contributed by atoms with van der Waals surface area (Å²) in [7, 11) is 0. The van der Waals surface area contributed by atoms with Crippen LogP contribution in [0.4, 0.5) is 0 Å². The van der Waals surface area contributed by atoms with Crippen LogP contribution in [0.25, 0.3) is 0 Å². The Morgan fingerprint density at radius 3 is 2.80 bits per heavy atom. The van der Waals surface area contributed by atoms with Gasteiger partial charge in [0.05, 0.1) is 5.92 Å². The molecule has 4 nitrogen and oxygen atoms in total. The van der Waals surface area contributed by atoms with E-state index in [-0.39, 0.29) is 17.7 Å². The van der Waals surface area contributed by atoms with Crippen molar-refractivity contribution in [1.82, 2.24) is 10.2 Å². The Morgan fingerprint density at radius 2 is 2.20 bits per heavy atom. The van der Waals surface area contributed by atoms with Gasteiger partial charge in [-0.15, -0.1) is 0 Å². The lowest BCUT2D eigenvalue weighted by Gasteiger charge is -2.14. The standard InChI is InChI=1S/C11H20N2O2/c1-3-5-12-11(15)9-7-10(14)13(8-9)6-4-2/h9H,3-8H2,1-2H3,(H,12,15). The van der Waals surface area contributed by atoms with Crippen molar-refractivity contribution in [3.63, 3.8) is 0 Å². The number of carbonyl (C=O) groups is 2. The number of likely N-dealkylation sites (tertiary alicyclic amines) is 1. The first-order valence-corrected chi connectivity index (χ1v) is 5.74. The maximum absolute atomic E-state index is 11.6. The fourth-order valence-corrected chi connectivity index (χ4v) is 1.83. The minimum Gasteiger partial charge on any atom is -0.356 e. The van der Waals surface area contributed by atoms with Crippen LogP contribution in [0.5, 0.6) is 0 Å². The molecule has 0 bridgehead atoms. The zero-order chi connectivity index (χ0) is 11.3. The molecule has 1 aliphatic heterocycles. The van der Waals surface area contributed by atoms with Crippen LogP contribution >= 0.6 is 0 Å². The van der Waals surface area contributed by atoms with Crippen molar-refractivity contribution in [1.29, 1.82) is 0 Å². The van der Waals surface area contributed by atoms with Gasteiger partial charge in [0.25, 0.3) is 0 Å². The first kappa shape index (κ1) is 12.0. The van der Waals surface area contributed by atoms with Crippen molar-refractivity contribution in [2.24, 2.45) is 5.92 Å². The van der Waals surface area contributed by atoms with E-state index in [2.05, 4.69) is 5.32 Å². The normalized spacial score (nSPS) is 20.8. The van der Waals surface area contributed by atoms with E-state index in [0.29, 0.717) is 19.5 Å². The second kappa shape index (κ2) is 5.73. The van der Waals surface area contributed by atoms with E-state index in [9.17, 15) is 9.59 Å². The molecule has 1 fully saturated rings. The summed E-state index contributed by atoms with van der Waals surface area (Å²) < 4.78 is 0. The Hall–Kier alpha value is -1.06. The van der Waals surface area contributed by atoms with Crippen LogP contribution in [0.1, 0.15) is 33.1 Å². The fourth-order valence-electron chi connectivity index (χ4n) is 1.83. The van der Waals surface area contributed by atoms with Crippen LogP contribution in [0.3, 0.4) is 0 Å². The second-order valence-electron chi connectivity index (χ2n) is 4.03. The van der Waals surface area contributed by atoms with Crippen LogP contribution in [0.15, 0.2) is 0 Å². The van der Waals surface area contributed by atoms with Gasteiger partial charge in [-0.2, -0.15) is 0 Å². The number of nitrogens with one attached hydrogen (secondary N) is 1. The highest BCUT2D eigenvalue weighted by molar-refractivity contribution is 5.89. The lowest BCUT2D eigenvalue weighted by atomic mass is 10.1. The quantitative estimate of drug-likeness (QED) is 0.732. The molecule has 4 heteroatoms. The molecule has 0 saturated carbocycles. The van der Waals surface area contributed by atoms with Gasteiger partial charge in [-0.3, -0.25) is 9.59 Å². The van der Waals surface area contributed by atoms with E-state index in [1.165, 1.54) is 0 Å².